The summed E-state index contributed by atoms with van der Waals surface area (Å²) in [6.45, 7) is 4.59. The molecule has 0 fully saturated rings. The van der Waals surface area contributed by atoms with Crippen LogP contribution in [0.15, 0.2) is 12.0 Å². The summed E-state index contributed by atoms with van der Waals surface area (Å²) in [5, 5.41) is 0. The quantitative estimate of drug-likeness (QED) is 0.464. The number of hydrogen-bond acceptors (Lipinski definition) is 1. The van der Waals surface area contributed by atoms with Gasteiger partial charge in [-0.15, -0.1) is 11.3 Å². The van der Waals surface area contributed by atoms with Crippen LogP contribution in [0.25, 0.3) is 0 Å². The Morgan fingerprint density at radius 3 is 2.12 bits per heavy atom. The molecule has 0 N–H and O–H groups in total. The zero-order valence-corrected chi connectivity index (χ0v) is 15.2. The fourth-order valence-electron chi connectivity index (χ4n) is 1.86. The second-order valence-corrected chi connectivity index (χ2v) is 8.47. The van der Waals surface area contributed by atoms with Crippen LogP contribution in [0, 0.1) is 5.92 Å². The first kappa shape index (κ1) is 15.2. The van der Waals surface area contributed by atoms with Gasteiger partial charge >= 0.3 is 0 Å². The van der Waals surface area contributed by atoms with Crippen LogP contribution in [-0.2, 0) is 6.42 Å². The monoisotopic (exact) mass is 430 g/mol. The average Bonchev–Trinajstić information content (AvgIpc) is 2.50. The third-order valence-corrected chi connectivity index (χ3v) is 7.37. The molecular weight excluding hydrogens is 416 g/mol. The molecular formula is C12H17Br3S. The Morgan fingerprint density at radius 1 is 1.06 bits per heavy atom. The molecule has 0 radical (unpaired) electrons. The van der Waals surface area contributed by atoms with Crippen LogP contribution in [0.3, 0.4) is 0 Å². The molecule has 92 valence electrons. The van der Waals surface area contributed by atoms with E-state index in [0.29, 0.717) is 0 Å². The van der Waals surface area contributed by atoms with Gasteiger partial charge in [-0.1, -0.05) is 33.1 Å². The number of hydrogen-bond donors (Lipinski definition) is 0. The van der Waals surface area contributed by atoms with Gasteiger partial charge < -0.3 is 0 Å². The van der Waals surface area contributed by atoms with Gasteiger partial charge in [0.25, 0.3) is 0 Å². The molecule has 0 bridgehead atoms. The van der Waals surface area contributed by atoms with E-state index in [1.54, 1.807) is 11.3 Å². The molecule has 0 amide bonds. The summed E-state index contributed by atoms with van der Waals surface area (Å²) in [6.07, 6.45) is 6.42. The Hall–Kier alpha value is 1.14. The summed E-state index contributed by atoms with van der Waals surface area (Å²) in [6, 6.07) is 0. The van der Waals surface area contributed by atoms with Crippen molar-refractivity contribution in [3.8, 4) is 0 Å². The van der Waals surface area contributed by atoms with Crippen molar-refractivity contribution in [2.45, 2.75) is 46.0 Å². The van der Waals surface area contributed by atoms with Crippen molar-refractivity contribution in [3.63, 3.8) is 0 Å². The molecule has 0 saturated carbocycles. The van der Waals surface area contributed by atoms with E-state index in [4.69, 9.17) is 0 Å². The molecule has 0 saturated heterocycles. The van der Waals surface area contributed by atoms with Gasteiger partial charge in [0.1, 0.15) is 0 Å². The molecule has 1 rings (SSSR count). The predicted molar refractivity (Wildman–Crippen MR) is 84.4 cm³/mol. The first-order chi connectivity index (χ1) is 7.60. The van der Waals surface area contributed by atoms with Crippen LogP contribution >= 0.6 is 59.1 Å². The van der Waals surface area contributed by atoms with Gasteiger partial charge in [0, 0.05) is 4.47 Å². The maximum absolute atomic E-state index is 3.64. The highest BCUT2D eigenvalue weighted by molar-refractivity contribution is 9.14. The second kappa shape index (κ2) is 7.55. The average molecular weight is 433 g/mol. The molecule has 0 unspecified atom stereocenters. The Labute approximate surface area is 128 Å². The minimum atomic E-state index is 0.902. The van der Waals surface area contributed by atoms with E-state index < -0.39 is 0 Å². The van der Waals surface area contributed by atoms with E-state index >= 15 is 0 Å². The minimum absolute atomic E-state index is 0.902. The first-order valence-corrected chi connectivity index (χ1v) is 8.91. The normalized spacial score (nSPS) is 11.4. The molecule has 1 aromatic rings. The van der Waals surface area contributed by atoms with Crippen molar-refractivity contribution in [2.24, 2.45) is 5.92 Å². The Balaban J connectivity index is 2.48. The highest BCUT2D eigenvalue weighted by atomic mass is 79.9. The van der Waals surface area contributed by atoms with Crippen LogP contribution in [-0.4, -0.2) is 0 Å². The molecule has 1 heterocycles. The van der Waals surface area contributed by atoms with Gasteiger partial charge in [-0.05, 0) is 72.1 Å². The Bertz CT molecular complexity index is 329. The van der Waals surface area contributed by atoms with E-state index in [2.05, 4.69) is 61.6 Å². The Morgan fingerprint density at radius 2 is 1.69 bits per heavy atom. The lowest BCUT2D eigenvalue weighted by atomic mass is 9.96. The topological polar surface area (TPSA) is 0 Å². The minimum Gasteiger partial charge on any atom is -0.120 e. The molecule has 0 spiro atoms. The fourth-order valence-corrected chi connectivity index (χ4v) is 5.86. The molecule has 4 heteroatoms. The number of halogens is 3. The van der Waals surface area contributed by atoms with Crippen molar-refractivity contribution >= 4 is 59.1 Å². The summed E-state index contributed by atoms with van der Waals surface area (Å²) in [7, 11) is 0. The van der Waals surface area contributed by atoms with Crippen LogP contribution in [0.1, 0.15) is 45.1 Å². The van der Waals surface area contributed by atoms with Crippen molar-refractivity contribution < 1.29 is 0 Å². The summed E-state index contributed by atoms with van der Waals surface area (Å²) in [5.74, 6) is 0.902. The van der Waals surface area contributed by atoms with Crippen molar-refractivity contribution in [1.29, 1.82) is 0 Å². The zero-order chi connectivity index (χ0) is 12.1. The Kier molecular flexibility index (Phi) is 7.17. The van der Waals surface area contributed by atoms with Crippen LogP contribution in [0.2, 0.25) is 0 Å². The lowest BCUT2D eigenvalue weighted by Crippen LogP contribution is -1.97. The molecule has 0 atom stereocenters. The molecule has 0 aliphatic carbocycles. The van der Waals surface area contributed by atoms with Crippen molar-refractivity contribution in [2.75, 3.05) is 0 Å². The SMILES string of the molecule is CCC(CC)CCCc1c(Br)sc(Br)c1Br. The highest BCUT2D eigenvalue weighted by Crippen LogP contribution is 2.41. The highest BCUT2D eigenvalue weighted by Gasteiger charge is 2.13. The molecule has 16 heavy (non-hydrogen) atoms. The largest absolute Gasteiger partial charge is 0.120 e. The second-order valence-electron chi connectivity index (χ2n) is 4.02. The summed E-state index contributed by atoms with van der Waals surface area (Å²) in [4.78, 5) is 0. The van der Waals surface area contributed by atoms with E-state index in [9.17, 15) is 0 Å². The predicted octanol–water partition coefficient (Wildman–Crippen LogP) is 6.79. The van der Waals surface area contributed by atoms with Crippen LogP contribution in [0.4, 0.5) is 0 Å². The standard InChI is InChI=1S/C12H17Br3S/c1-3-8(4-2)6-5-7-9-10(13)12(15)16-11(9)14/h8H,3-7H2,1-2H3. The molecule has 1 aromatic heterocycles. The van der Waals surface area contributed by atoms with Gasteiger partial charge in [0.15, 0.2) is 0 Å². The van der Waals surface area contributed by atoms with Crippen molar-refractivity contribution in [1.82, 2.24) is 0 Å². The summed E-state index contributed by atoms with van der Waals surface area (Å²) >= 11 is 12.6. The third-order valence-electron chi connectivity index (χ3n) is 3.05. The van der Waals surface area contributed by atoms with Crippen molar-refractivity contribution in [3.05, 3.63) is 17.6 Å². The van der Waals surface area contributed by atoms with E-state index in [-0.39, 0.29) is 0 Å². The maximum atomic E-state index is 3.64. The lowest BCUT2D eigenvalue weighted by molar-refractivity contribution is 0.441. The summed E-state index contributed by atoms with van der Waals surface area (Å²) in [5.41, 5.74) is 1.42. The van der Waals surface area contributed by atoms with Gasteiger partial charge in [-0.2, -0.15) is 0 Å². The van der Waals surface area contributed by atoms with Crippen LogP contribution in [0.5, 0.6) is 0 Å². The van der Waals surface area contributed by atoms with E-state index in [1.165, 1.54) is 49.7 Å². The smallest absolute Gasteiger partial charge is 0.0855 e. The molecule has 0 aliphatic rings. The van der Waals surface area contributed by atoms with E-state index in [1.807, 2.05) is 0 Å². The third kappa shape index (κ3) is 4.11. The lowest BCUT2D eigenvalue weighted by Gasteiger charge is -2.11. The molecule has 0 aliphatic heterocycles. The van der Waals surface area contributed by atoms with Gasteiger partial charge in [-0.3, -0.25) is 0 Å². The number of rotatable bonds is 6. The molecule has 0 nitrogen and oxygen atoms in total. The fraction of sp³-hybridized carbons (Fsp3) is 0.667. The molecule has 0 aromatic carbocycles. The maximum Gasteiger partial charge on any atom is 0.0855 e. The summed E-state index contributed by atoms with van der Waals surface area (Å²) < 4.78 is 3.68. The number of thiophene rings is 1. The zero-order valence-electron chi connectivity index (χ0n) is 9.66. The van der Waals surface area contributed by atoms with Gasteiger partial charge in [0.2, 0.25) is 0 Å². The van der Waals surface area contributed by atoms with E-state index in [0.717, 1.165) is 5.92 Å². The first-order valence-electron chi connectivity index (χ1n) is 5.72. The van der Waals surface area contributed by atoms with Crippen LogP contribution < -0.4 is 0 Å². The van der Waals surface area contributed by atoms with Gasteiger partial charge in [0.05, 0.1) is 7.57 Å². The van der Waals surface area contributed by atoms with Gasteiger partial charge in [-0.25, -0.2) is 0 Å².